The van der Waals surface area contributed by atoms with Crippen LogP contribution in [0.2, 0.25) is 0 Å². The van der Waals surface area contributed by atoms with Gasteiger partial charge in [-0.15, -0.1) is 23.7 Å². The minimum atomic E-state index is -0.962. The molecule has 0 unspecified atom stereocenters. The van der Waals surface area contributed by atoms with E-state index in [9.17, 15) is 23.9 Å². The number of halogens is 2. The van der Waals surface area contributed by atoms with Crippen LogP contribution in [0.25, 0.3) is 0 Å². The van der Waals surface area contributed by atoms with Gasteiger partial charge in [0.2, 0.25) is 5.91 Å². The minimum Gasteiger partial charge on any atom is -0.481 e. The SMILES string of the molecule is CC[C@H](C)[C@@H](CC(=O)O)NC(=O)C(CC)(CC)Cc1ccc(C(=O)Oc2ccc(C(=N)N)c(F)c2)s1.Cl. The molecule has 1 heterocycles. The lowest BCUT2D eigenvalue weighted by Crippen LogP contribution is -2.49. The summed E-state index contributed by atoms with van der Waals surface area (Å²) in [6.45, 7) is 7.71. The molecule has 2 aromatic rings. The van der Waals surface area contributed by atoms with Gasteiger partial charge in [0.1, 0.15) is 22.3 Å². The first kappa shape index (κ1) is 32.0. The van der Waals surface area contributed by atoms with Crippen molar-refractivity contribution >= 4 is 47.4 Å². The number of amidine groups is 1. The maximum absolute atomic E-state index is 14.1. The van der Waals surface area contributed by atoms with Gasteiger partial charge >= 0.3 is 11.9 Å². The summed E-state index contributed by atoms with van der Waals surface area (Å²) < 4.78 is 19.3. The molecule has 0 saturated carbocycles. The van der Waals surface area contributed by atoms with Gasteiger partial charge < -0.3 is 20.9 Å². The van der Waals surface area contributed by atoms with Crippen molar-refractivity contribution in [3.05, 3.63) is 51.5 Å². The van der Waals surface area contributed by atoms with Crippen molar-refractivity contribution in [1.29, 1.82) is 5.41 Å². The predicted octanol–water partition coefficient (Wildman–Crippen LogP) is 5.17. The van der Waals surface area contributed by atoms with E-state index in [4.69, 9.17) is 15.9 Å². The molecule has 11 heteroatoms. The highest BCUT2D eigenvalue weighted by molar-refractivity contribution is 7.14. The standard InChI is InChI=1S/C26H34FN3O5S.ClH/c1-5-15(4)20(13-22(31)32)30-25(34)26(6-2,7-3)14-17-9-11-21(36-17)24(33)35-16-8-10-18(23(28)29)19(27)12-16;/h8-12,15,20H,5-7,13-14H2,1-4H3,(H3,28,29)(H,30,34)(H,31,32);1H/t15-,20+;/m0./s1. The van der Waals surface area contributed by atoms with Gasteiger partial charge in [-0.1, -0.05) is 34.1 Å². The maximum Gasteiger partial charge on any atom is 0.353 e. The van der Waals surface area contributed by atoms with E-state index in [1.54, 1.807) is 12.1 Å². The Hall–Kier alpha value is -2.98. The fourth-order valence-electron chi connectivity index (χ4n) is 3.94. The molecular weight excluding hydrogens is 521 g/mol. The Bertz CT molecular complexity index is 1120. The molecule has 5 N–H and O–H groups in total. The molecule has 1 aromatic heterocycles. The van der Waals surface area contributed by atoms with Crippen LogP contribution in [0.3, 0.4) is 0 Å². The zero-order valence-electron chi connectivity index (χ0n) is 21.4. The number of nitrogens with two attached hydrogens (primary N) is 1. The first-order valence-electron chi connectivity index (χ1n) is 11.9. The number of amides is 1. The Morgan fingerprint density at radius 1 is 1.19 bits per heavy atom. The van der Waals surface area contributed by atoms with Gasteiger partial charge in [0.15, 0.2) is 0 Å². The minimum absolute atomic E-state index is 0. The highest BCUT2D eigenvalue weighted by atomic mass is 35.5. The summed E-state index contributed by atoms with van der Waals surface area (Å²) in [6, 6.07) is 6.52. The zero-order valence-corrected chi connectivity index (χ0v) is 23.1. The van der Waals surface area contributed by atoms with Crippen molar-refractivity contribution in [3.63, 3.8) is 0 Å². The first-order chi connectivity index (χ1) is 17.0. The second kappa shape index (κ2) is 14.1. The molecule has 0 aliphatic carbocycles. The van der Waals surface area contributed by atoms with Crippen molar-refractivity contribution in [1.82, 2.24) is 5.32 Å². The number of hydrogen-bond donors (Lipinski definition) is 4. The maximum atomic E-state index is 14.1. The van der Waals surface area contributed by atoms with Gasteiger partial charge in [-0.3, -0.25) is 15.0 Å². The number of carboxylic acids is 1. The summed E-state index contributed by atoms with van der Waals surface area (Å²) in [6.07, 6.45) is 2.05. The summed E-state index contributed by atoms with van der Waals surface area (Å²) in [7, 11) is 0. The van der Waals surface area contributed by atoms with Crippen molar-refractivity contribution in [2.45, 2.75) is 65.8 Å². The molecule has 0 bridgehead atoms. The monoisotopic (exact) mass is 555 g/mol. The number of nitrogens with one attached hydrogen (secondary N) is 2. The molecule has 0 aliphatic rings. The summed E-state index contributed by atoms with van der Waals surface area (Å²) in [5.74, 6) is -3.01. The molecule has 0 saturated heterocycles. The van der Waals surface area contributed by atoms with E-state index in [0.29, 0.717) is 24.1 Å². The van der Waals surface area contributed by atoms with Crippen LogP contribution in [0, 0.1) is 22.6 Å². The van der Waals surface area contributed by atoms with Crippen molar-refractivity contribution in [2.24, 2.45) is 17.1 Å². The Morgan fingerprint density at radius 2 is 1.84 bits per heavy atom. The van der Waals surface area contributed by atoms with Crippen LogP contribution in [0.1, 0.15) is 73.5 Å². The lowest BCUT2D eigenvalue weighted by Gasteiger charge is -2.33. The largest absolute Gasteiger partial charge is 0.481 e. The number of ether oxygens (including phenoxy) is 1. The van der Waals surface area contributed by atoms with Crippen LogP contribution in [-0.2, 0) is 16.0 Å². The summed E-state index contributed by atoms with van der Waals surface area (Å²) in [5.41, 5.74) is 4.46. The number of thiophene rings is 1. The van der Waals surface area contributed by atoms with E-state index >= 15 is 0 Å². The topological polar surface area (TPSA) is 143 Å². The van der Waals surface area contributed by atoms with Crippen molar-refractivity contribution in [3.8, 4) is 5.75 Å². The smallest absolute Gasteiger partial charge is 0.353 e. The van der Waals surface area contributed by atoms with Gasteiger partial charge in [-0.25, -0.2) is 9.18 Å². The number of hydrogen-bond acceptors (Lipinski definition) is 6. The lowest BCUT2D eigenvalue weighted by atomic mass is 9.77. The van der Waals surface area contributed by atoms with Gasteiger partial charge in [0.25, 0.3) is 0 Å². The second-order valence-corrected chi connectivity index (χ2v) is 10.1. The third kappa shape index (κ3) is 8.26. The molecule has 2 atom stereocenters. The molecule has 0 radical (unpaired) electrons. The Labute approximate surface area is 226 Å². The normalized spacial score (nSPS) is 12.7. The van der Waals surface area contributed by atoms with E-state index in [1.165, 1.54) is 23.5 Å². The summed E-state index contributed by atoms with van der Waals surface area (Å²) in [4.78, 5) is 38.4. The highest BCUT2D eigenvalue weighted by Gasteiger charge is 2.37. The van der Waals surface area contributed by atoms with E-state index in [0.717, 1.165) is 17.4 Å². The molecule has 0 spiro atoms. The van der Waals surface area contributed by atoms with Gasteiger partial charge in [0.05, 0.1) is 17.4 Å². The fraction of sp³-hybridized carbons (Fsp3) is 0.462. The second-order valence-electron chi connectivity index (χ2n) is 8.94. The fourth-order valence-corrected chi connectivity index (χ4v) is 4.97. The van der Waals surface area contributed by atoms with Crippen molar-refractivity contribution in [2.75, 3.05) is 0 Å². The van der Waals surface area contributed by atoms with Crippen LogP contribution in [0.5, 0.6) is 5.75 Å². The molecular formula is C26H35ClFN3O5S. The average Bonchev–Trinajstić information content (AvgIpc) is 3.29. The number of esters is 1. The number of carbonyl (C=O) groups excluding carboxylic acids is 2. The van der Waals surface area contributed by atoms with E-state index in [-0.39, 0.29) is 42.0 Å². The molecule has 37 heavy (non-hydrogen) atoms. The van der Waals surface area contributed by atoms with Gasteiger partial charge in [0, 0.05) is 17.0 Å². The third-order valence-corrected chi connectivity index (χ3v) is 7.76. The van der Waals surface area contributed by atoms with Crippen LogP contribution < -0.4 is 15.8 Å². The third-order valence-electron chi connectivity index (χ3n) is 6.69. The quantitative estimate of drug-likeness (QED) is 0.116. The zero-order chi connectivity index (χ0) is 27.0. The van der Waals surface area contributed by atoms with Crippen LogP contribution in [0.4, 0.5) is 4.39 Å². The molecule has 1 aromatic carbocycles. The Morgan fingerprint density at radius 3 is 2.35 bits per heavy atom. The lowest BCUT2D eigenvalue weighted by molar-refractivity contribution is -0.139. The molecule has 8 nitrogen and oxygen atoms in total. The predicted molar refractivity (Wildman–Crippen MR) is 144 cm³/mol. The highest BCUT2D eigenvalue weighted by Crippen LogP contribution is 2.35. The molecule has 2 rings (SSSR count). The summed E-state index contributed by atoms with van der Waals surface area (Å²) >= 11 is 1.19. The number of nitrogen functional groups attached to an aromatic ring is 1. The first-order valence-corrected chi connectivity index (χ1v) is 12.8. The molecule has 0 fully saturated rings. The number of carboxylic acid groups (broad SMARTS) is 1. The molecule has 1 amide bonds. The average molecular weight is 556 g/mol. The Balaban J connectivity index is 0.00000684. The number of rotatable bonds is 13. The van der Waals surface area contributed by atoms with E-state index in [2.05, 4.69) is 5.32 Å². The number of aliphatic carboxylic acids is 1. The van der Waals surface area contributed by atoms with Crippen LogP contribution in [-0.4, -0.2) is 34.8 Å². The molecule has 204 valence electrons. The number of carbonyl (C=O) groups is 3. The van der Waals surface area contributed by atoms with E-state index < -0.39 is 35.0 Å². The Kier molecular flexibility index (Phi) is 12.2. The molecule has 0 aliphatic heterocycles. The van der Waals surface area contributed by atoms with Gasteiger partial charge in [-0.2, -0.15) is 0 Å². The number of benzene rings is 1. The van der Waals surface area contributed by atoms with Crippen LogP contribution >= 0.6 is 23.7 Å². The van der Waals surface area contributed by atoms with Gasteiger partial charge in [-0.05, 0) is 49.4 Å². The summed E-state index contributed by atoms with van der Waals surface area (Å²) in [5, 5.41) is 19.6. The van der Waals surface area contributed by atoms with E-state index in [1.807, 2.05) is 27.7 Å². The van der Waals surface area contributed by atoms with Crippen molar-refractivity contribution < 1.29 is 28.6 Å². The van der Waals surface area contributed by atoms with Crippen LogP contribution in [0.15, 0.2) is 30.3 Å².